The van der Waals surface area contributed by atoms with E-state index in [0.29, 0.717) is 12.8 Å². The maximum absolute atomic E-state index is 11.6. The summed E-state index contributed by atoms with van der Waals surface area (Å²) < 4.78 is 22.0. The van der Waals surface area contributed by atoms with Crippen molar-refractivity contribution in [1.82, 2.24) is 5.32 Å². The van der Waals surface area contributed by atoms with Crippen molar-refractivity contribution >= 4 is 21.7 Å². The molecule has 0 aromatic rings. The minimum atomic E-state index is -3.44. The molecule has 0 atom stereocenters. The molecule has 104 valence electrons. The fourth-order valence-corrected chi connectivity index (χ4v) is 2.81. The summed E-state index contributed by atoms with van der Waals surface area (Å²) in [4.78, 5) is 23.0. The molecular formula is C11H19NO5S. The predicted octanol–water partition coefficient (Wildman–Crippen LogP) is 0.325. The van der Waals surface area contributed by atoms with Crippen LogP contribution in [0.3, 0.4) is 0 Å². The second kappa shape index (κ2) is 5.69. The van der Waals surface area contributed by atoms with Crippen LogP contribution in [0.4, 0.5) is 0 Å². The Morgan fingerprint density at radius 2 is 1.67 bits per heavy atom. The summed E-state index contributed by atoms with van der Waals surface area (Å²) in [6, 6.07) is 0. The highest BCUT2D eigenvalue weighted by molar-refractivity contribution is 7.91. The largest absolute Gasteiger partial charge is 0.480 e. The van der Waals surface area contributed by atoms with E-state index >= 15 is 0 Å². The van der Waals surface area contributed by atoms with Gasteiger partial charge in [0.15, 0.2) is 9.84 Å². The summed E-state index contributed by atoms with van der Waals surface area (Å²) in [5, 5.41) is 11.7. The van der Waals surface area contributed by atoms with E-state index in [1.807, 2.05) is 0 Å². The molecule has 6 nitrogen and oxygen atoms in total. The molecule has 0 heterocycles. The molecule has 1 saturated carbocycles. The summed E-state index contributed by atoms with van der Waals surface area (Å²) in [6.45, 7) is 0. The van der Waals surface area contributed by atoms with Crippen molar-refractivity contribution in [3.05, 3.63) is 0 Å². The first-order valence-electron chi connectivity index (χ1n) is 5.97. The van der Waals surface area contributed by atoms with E-state index in [1.165, 1.54) is 0 Å². The number of carboxylic acids is 1. The van der Waals surface area contributed by atoms with Gasteiger partial charge in [-0.1, -0.05) is 25.7 Å². The lowest BCUT2D eigenvalue weighted by Crippen LogP contribution is -2.55. The Hall–Kier alpha value is -1.11. The number of nitrogens with one attached hydrogen (secondary N) is 1. The topological polar surface area (TPSA) is 101 Å². The van der Waals surface area contributed by atoms with Crippen LogP contribution in [0.1, 0.15) is 38.5 Å². The van der Waals surface area contributed by atoms with Crippen LogP contribution < -0.4 is 5.32 Å². The van der Waals surface area contributed by atoms with Gasteiger partial charge in [0, 0.05) is 6.26 Å². The van der Waals surface area contributed by atoms with Gasteiger partial charge in [0.25, 0.3) is 0 Å². The molecular weight excluding hydrogens is 258 g/mol. The Morgan fingerprint density at radius 3 is 2.06 bits per heavy atom. The SMILES string of the molecule is CS(=O)(=O)CC(=O)NC1(C(=O)O)CCCCCC1. The van der Waals surface area contributed by atoms with Gasteiger partial charge in [-0.3, -0.25) is 4.79 Å². The first-order chi connectivity index (χ1) is 8.25. The monoisotopic (exact) mass is 277 g/mol. The van der Waals surface area contributed by atoms with Crippen LogP contribution in [0.5, 0.6) is 0 Å². The highest BCUT2D eigenvalue weighted by Gasteiger charge is 2.40. The van der Waals surface area contributed by atoms with Gasteiger partial charge in [-0.25, -0.2) is 13.2 Å². The maximum atomic E-state index is 11.6. The molecule has 7 heteroatoms. The van der Waals surface area contributed by atoms with Crippen molar-refractivity contribution in [2.75, 3.05) is 12.0 Å². The Kier molecular flexibility index (Phi) is 4.72. The Bertz CT molecular complexity index is 421. The smallest absolute Gasteiger partial charge is 0.329 e. The molecule has 1 aliphatic rings. The van der Waals surface area contributed by atoms with E-state index in [1.54, 1.807) is 0 Å². The molecule has 0 aliphatic heterocycles. The van der Waals surface area contributed by atoms with Crippen LogP contribution in [0, 0.1) is 0 Å². The highest BCUT2D eigenvalue weighted by atomic mass is 32.2. The molecule has 1 amide bonds. The van der Waals surface area contributed by atoms with Crippen molar-refractivity contribution < 1.29 is 23.1 Å². The number of rotatable bonds is 4. The van der Waals surface area contributed by atoms with Crippen molar-refractivity contribution in [2.24, 2.45) is 0 Å². The third-order valence-corrected chi connectivity index (χ3v) is 3.93. The van der Waals surface area contributed by atoms with E-state index in [9.17, 15) is 23.1 Å². The van der Waals surface area contributed by atoms with E-state index in [2.05, 4.69) is 5.32 Å². The molecule has 0 unspecified atom stereocenters. The molecule has 0 aromatic carbocycles. The quantitative estimate of drug-likeness (QED) is 0.721. The summed E-state index contributed by atoms with van der Waals surface area (Å²) in [5.74, 6) is -2.48. The summed E-state index contributed by atoms with van der Waals surface area (Å²) >= 11 is 0. The van der Waals surface area contributed by atoms with Crippen molar-refractivity contribution in [3.63, 3.8) is 0 Å². The normalized spacial score (nSPS) is 19.8. The fourth-order valence-electron chi connectivity index (χ4n) is 2.27. The van der Waals surface area contributed by atoms with Crippen molar-refractivity contribution in [3.8, 4) is 0 Å². The van der Waals surface area contributed by atoms with E-state index in [-0.39, 0.29) is 0 Å². The molecule has 0 radical (unpaired) electrons. The zero-order valence-electron chi connectivity index (χ0n) is 10.4. The lowest BCUT2D eigenvalue weighted by molar-refractivity contribution is -0.148. The van der Waals surface area contributed by atoms with E-state index in [0.717, 1.165) is 31.9 Å². The number of aliphatic carboxylic acids is 1. The van der Waals surface area contributed by atoms with Crippen LogP contribution >= 0.6 is 0 Å². The minimum absolute atomic E-state index is 0.359. The summed E-state index contributed by atoms with van der Waals surface area (Å²) in [7, 11) is -3.44. The lowest BCUT2D eigenvalue weighted by Gasteiger charge is -2.29. The summed E-state index contributed by atoms with van der Waals surface area (Å²) in [5.41, 5.74) is -1.29. The van der Waals surface area contributed by atoms with E-state index < -0.39 is 33.0 Å². The maximum Gasteiger partial charge on any atom is 0.329 e. The minimum Gasteiger partial charge on any atom is -0.480 e. The fraction of sp³-hybridized carbons (Fsp3) is 0.818. The molecule has 0 aromatic heterocycles. The standard InChI is InChI=1S/C11H19NO5S/c1-18(16,17)8-9(13)12-11(10(14)15)6-4-2-3-5-7-11/h2-8H2,1H3,(H,12,13)(H,14,15). The van der Waals surface area contributed by atoms with Crippen LogP contribution in [0.15, 0.2) is 0 Å². The number of hydrogen-bond donors (Lipinski definition) is 2. The zero-order valence-corrected chi connectivity index (χ0v) is 11.3. The molecule has 1 rings (SSSR count). The molecule has 1 fully saturated rings. The molecule has 1 aliphatic carbocycles. The van der Waals surface area contributed by atoms with Gasteiger partial charge in [0.1, 0.15) is 11.3 Å². The van der Waals surface area contributed by atoms with Gasteiger partial charge in [-0.15, -0.1) is 0 Å². The van der Waals surface area contributed by atoms with Gasteiger partial charge in [-0.2, -0.15) is 0 Å². The second-order valence-corrected chi connectivity index (χ2v) is 7.06. The zero-order chi connectivity index (χ0) is 13.8. The molecule has 0 saturated heterocycles. The predicted molar refractivity (Wildman–Crippen MR) is 65.9 cm³/mol. The first-order valence-corrected chi connectivity index (χ1v) is 8.03. The lowest BCUT2D eigenvalue weighted by atomic mass is 9.90. The van der Waals surface area contributed by atoms with Gasteiger partial charge < -0.3 is 10.4 Å². The number of sulfone groups is 1. The average molecular weight is 277 g/mol. The average Bonchev–Trinajstić information content (AvgIpc) is 2.41. The number of hydrogen-bond acceptors (Lipinski definition) is 4. The first kappa shape index (κ1) is 14.9. The van der Waals surface area contributed by atoms with E-state index in [4.69, 9.17) is 0 Å². The van der Waals surface area contributed by atoms with Gasteiger partial charge in [-0.05, 0) is 12.8 Å². The number of carboxylic acid groups (broad SMARTS) is 1. The molecule has 18 heavy (non-hydrogen) atoms. The third kappa shape index (κ3) is 4.29. The van der Waals surface area contributed by atoms with Crippen LogP contribution in [-0.4, -0.2) is 42.9 Å². The number of carbonyl (C=O) groups excluding carboxylic acids is 1. The summed E-state index contributed by atoms with van der Waals surface area (Å²) in [6.07, 6.45) is 5.01. The third-order valence-electron chi connectivity index (χ3n) is 3.14. The Morgan fingerprint density at radius 1 is 1.17 bits per heavy atom. The van der Waals surface area contributed by atoms with Crippen LogP contribution in [0.25, 0.3) is 0 Å². The van der Waals surface area contributed by atoms with Gasteiger partial charge in [0.05, 0.1) is 0 Å². The molecule has 0 bridgehead atoms. The number of amides is 1. The Balaban J connectivity index is 2.79. The number of carbonyl (C=O) groups is 2. The van der Waals surface area contributed by atoms with Crippen LogP contribution in [0.2, 0.25) is 0 Å². The van der Waals surface area contributed by atoms with Crippen molar-refractivity contribution in [2.45, 2.75) is 44.1 Å². The highest BCUT2D eigenvalue weighted by Crippen LogP contribution is 2.27. The van der Waals surface area contributed by atoms with Gasteiger partial charge >= 0.3 is 5.97 Å². The van der Waals surface area contributed by atoms with Gasteiger partial charge in [0.2, 0.25) is 5.91 Å². The Labute approximate surface area is 107 Å². The molecule has 2 N–H and O–H groups in total. The second-order valence-electron chi connectivity index (χ2n) is 4.92. The van der Waals surface area contributed by atoms with Crippen LogP contribution in [-0.2, 0) is 19.4 Å². The van der Waals surface area contributed by atoms with Crippen molar-refractivity contribution in [1.29, 1.82) is 0 Å². The molecule has 0 spiro atoms.